The van der Waals surface area contributed by atoms with Crippen LogP contribution in [0.4, 0.5) is 0 Å². The van der Waals surface area contributed by atoms with Gasteiger partial charge in [-0.25, -0.2) is 0 Å². The second-order valence-corrected chi connectivity index (χ2v) is 17.0. The van der Waals surface area contributed by atoms with E-state index in [-0.39, 0.29) is 53.7 Å². The summed E-state index contributed by atoms with van der Waals surface area (Å²) in [4.78, 5) is 12.6. The minimum atomic E-state index is -0.627. The number of benzene rings is 3. The van der Waals surface area contributed by atoms with Gasteiger partial charge >= 0.3 is 5.97 Å². The average Bonchev–Trinajstić information content (AvgIpc) is 3.72. The molecule has 7 unspecified atom stereocenters. The van der Waals surface area contributed by atoms with Gasteiger partial charge in [0.1, 0.15) is 36.1 Å². The second-order valence-electron chi connectivity index (χ2n) is 17.0. The molecule has 11 heteroatoms. The van der Waals surface area contributed by atoms with Crippen LogP contribution in [0.2, 0.25) is 0 Å². The fourth-order valence-electron chi connectivity index (χ4n) is 10.9. The molecule has 4 bridgehead atoms. The molecule has 7 atom stereocenters. The van der Waals surface area contributed by atoms with Gasteiger partial charge in [0.05, 0.1) is 30.9 Å². The van der Waals surface area contributed by atoms with Gasteiger partial charge in [-0.15, -0.1) is 0 Å². The summed E-state index contributed by atoms with van der Waals surface area (Å²) in [6, 6.07) is 9.47. The monoisotopic (exact) mass is 798 g/mol. The van der Waals surface area contributed by atoms with E-state index in [4.69, 9.17) is 24.7 Å². The van der Waals surface area contributed by atoms with Crippen molar-refractivity contribution in [1.29, 1.82) is 0 Å². The number of allylic oxidation sites excluding steroid dienone is 3. The van der Waals surface area contributed by atoms with Gasteiger partial charge in [-0.3, -0.25) is 4.79 Å². The minimum Gasteiger partial charge on any atom is -0.508 e. The van der Waals surface area contributed by atoms with Gasteiger partial charge < -0.3 is 50.8 Å². The van der Waals surface area contributed by atoms with Gasteiger partial charge in [-0.05, 0) is 104 Å². The van der Waals surface area contributed by atoms with Crippen LogP contribution in [0.25, 0.3) is 17.2 Å². The molecule has 0 saturated heterocycles. The number of aromatic hydroxyl groups is 2. The summed E-state index contributed by atoms with van der Waals surface area (Å²) in [5.41, 5.74) is 16.9. The molecule has 2 aliphatic carbocycles. The Bertz CT molecular complexity index is 2390. The zero-order valence-corrected chi connectivity index (χ0v) is 34.5. The van der Waals surface area contributed by atoms with Crippen LogP contribution in [0.1, 0.15) is 91.4 Å². The highest BCUT2D eigenvalue weighted by Gasteiger charge is 2.51. The SMILES string of the molecule is CCC1=CC2=C(C#CCc3cc(O)c4c(c3C3Oc5c(ccc6c5C5(CCC(C2)C5)Cc2cc(O)cc(OC)c2-6)C3COC(C)=O)C=CC(NC)C(CNC)O4)NC1N. The molecule has 1 spiro atoms. The van der Waals surface area contributed by atoms with Crippen molar-refractivity contribution in [2.24, 2.45) is 11.7 Å². The van der Waals surface area contributed by atoms with E-state index < -0.39 is 6.10 Å². The van der Waals surface area contributed by atoms with E-state index in [0.29, 0.717) is 42.4 Å². The molecule has 0 aromatic heterocycles. The molecule has 4 heterocycles. The van der Waals surface area contributed by atoms with Crippen LogP contribution >= 0.6 is 0 Å². The summed E-state index contributed by atoms with van der Waals surface area (Å²) in [6.45, 7) is 4.19. The van der Waals surface area contributed by atoms with Crippen molar-refractivity contribution in [3.63, 3.8) is 0 Å². The van der Waals surface area contributed by atoms with Crippen LogP contribution < -0.4 is 35.9 Å². The van der Waals surface area contributed by atoms with Gasteiger partial charge in [0.25, 0.3) is 0 Å². The van der Waals surface area contributed by atoms with Crippen molar-refractivity contribution in [2.45, 2.75) is 94.5 Å². The Morgan fingerprint density at radius 2 is 1.98 bits per heavy atom. The highest BCUT2D eigenvalue weighted by atomic mass is 16.5. The lowest BCUT2D eigenvalue weighted by Crippen LogP contribution is -2.44. The van der Waals surface area contributed by atoms with E-state index in [1.165, 1.54) is 6.92 Å². The Labute approximate surface area is 346 Å². The first-order valence-electron chi connectivity index (χ1n) is 20.9. The fraction of sp³-hybridized carbons (Fsp3) is 0.438. The first-order chi connectivity index (χ1) is 28.6. The molecule has 6 aliphatic rings. The van der Waals surface area contributed by atoms with E-state index >= 15 is 0 Å². The molecule has 9 rings (SSSR count). The van der Waals surface area contributed by atoms with Crippen LogP contribution in [-0.2, 0) is 27.8 Å². The van der Waals surface area contributed by atoms with Crippen molar-refractivity contribution in [3.8, 4) is 51.7 Å². The summed E-state index contributed by atoms with van der Waals surface area (Å²) < 4.78 is 26.0. The molecule has 4 aliphatic heterocycles. The molecule has 3 aromatic carbocycles. The van der Waals surface area contributed by atoms with Gasteiger partial charge in [0.15, 0.2) is 11.5 Å². The normalized spacial score (nSPS) is 27.1. The quantitative estimate of drug-likeness (QED) is 0.120. The third-order valence-electron chi connectivity index (χ3n) is 13.5. The first-order valence-corrected chi connectivity index (χ1v) is 20.9. The maximum atomic E-state index is 12.6. The number of esters is 1. The highest BCUT2D eigenvalue weighted by Crippen LogP contribution is 2.63. The Kier molecular flexibility index (Phi) is 10.1. The van der Waals surface area contributed by atoms with E-state index in [0.717, 1.165) is 93.6 Å². The number of carbonyl (C=O) groups is 1. The molecule has 11 nitrogen and oxygen atoms in total. The highest BCUT2D eigenvalue weighted by molar-refractivity contribution is 5.84. The topological polar surface area (TPSA) is 157 Å². The number of hydrogen-bond acceptors (Lipinski definition) is 11. The van der Waals surface area contributed by atoms with Crippen LogP contribution in [0.15, 0.2) is 59.3 Å². The van der Waals surface area contributed by atoms with Crippen LogP contribution in [0.3, 0.4) is 0 Å². The van der Waals surface area contributed by atoms with E-state index in [2.05, 4.69) is 59.0 Å². The van der Waals surface area contributed by atoms with Crippen molar-refractivity contribution in [2.75, 3.05) is 34.4 Å². The lowest BCUT2D eigenvalue weighted by Gasteiger charge is -2.39. The summed E-state index contributed by atoms with van der Waals surface area (Å²) in [5.74, 6) is 8.51. The summed E-state index contributed by atoms with van der Waals surface area (Å²) in [5, 5.41) is 32.9. The largest absolute Gasteiger partial charge is 0.508 e. The second kappa shape index (κ2) is 15.3. The Balaban J connectivity index is 1.32. The summed E-state index contributed by atoms with van der Waals surface area (Å²) in [7, 11) is 5.42. The number of ether oxygens (including phenoxy) is 4. The molecule has 0 amide bonds. The zero-order valence-electron chi connectivity index (χ0n) is 34.5. The predicted molar refractivity (Wildman–Crippen MR) is 227 cm³/mol. The van der Waals surface area contributed by atoms with Gasteiger partial charge in [-0.2, -0.15) is 0 Å². The summed E-state index contributed by atoms with van der Waals surface area (Å²) >= 11 is 0. The fourth-order valence-corrected chi connectivity index (χ4v) is 10.9. The number of dihydropyridines is 1. The molecule has 1 saturated carbocycles. The zero-order chi connectivity index (χ0) is 41.2. The van der Waals surface area contributed by atoms with Gasteiger partial charge in [0, 0.05) is 59.2 Å². The number of nitrogens with one attached hydrogen (secondary N) is 3. The standard InChI is InChI=1S/C48H54N4O7/c1-6-27-17-29-16-26-14-15-48(21-26)22-30-18-31(54)20-39(56-5)41(30)33-11-10-32-35(24-57-25(2)53)45(59-46(32)43(33)48)42-28(8-7-9-36(29)52-47(27)49)19-38(55)44-34(42)12-13-37(51-4)40(58-44)23-50-3/h10-13,17-20,26,35,37,40,45,47,50-52,54-55H,6,8,14-16,21-24,49H2,1-5H3. The number of likely N-dealkylation sites (N-methyl/N-ethyl adjacent to an activating group) is 2. The van der Waals surface area contributed by atoms with E-state index in [9.17, 15) is 15.0 Å². The molecule has 7 N–H and O–H groups in total. The number of carbonyl (C=O) groups excluding carboxylic acids is 1. The van der Waals surface area contributed by atoms with Crippen molar-refractivity contribution in [3.05, 3.63) is 92.7 Å². The molecular weight excluding hydrogens is 745 g/mol. The number of methoxy groups -OCH3 is 1. The number of phenolic OH excluding ortho intramolecular Hbond substituents is 2. The van der Waals surface area contributed by atoms with Crippen molar-refractivity contribution < 1.29 is 34.0 Å². The van der Waals surface area contributed by atoms with Gasteiger partial charge in [0.2, 0.25) is 0 Å². The third-order valence-corrected chi connectivity index (χ3v) is 13.5. The molecule has 3 aromatic rings. The number of fused-ring (bicyclic) bond motifs is 8. The Hall–Kier alpha value is -5.41. The molecule has 1 fully saturated rings. The molecule has 59 heavy (non-hydrogen) atoms. The third kappa shape index (κ3) is 6.62. The van der Waals surface area contributed by atoms with Crippen molar-refractivity contribution >= 4 is 12.0 Å². The lowest BCUT2D eigenvalue weighted by atomic mass is 9.65. The molecule has 308 valence electrons. The van der Waals surface area contributed by atoms with Crippen LogP contribution in [-0.4, -0.2) is 68.9 Å². The smallest absolute Gasteiger partial charge is 0.302 e. The number of hydrogen-bond donors (Lipinski definition) is 6. The van der Waals surface area contributed by atoms with Gasteiger partial charge in [-0.1, -0.05) is 43.2 Å². The maximum Gasteiger partial charge on any atom is 0.302 e. The van der Waals surface area contributed by atoms with Crippen LogP contribution in [0.5, 0.6) is 28.7 Å². The lowest BCUT2D eigenvalue weighted by molar-refractivity contribution is -0.141. The van der Waals surface area contributed by atoms with E-state index in [1.807, 2.05) is 26.2 Å². The maximum absolute atomic E-state index is 12.6. The average molecular weight is 799 g/mol. The Morgan fingerprint density at radius 3 is 2.75 bits per heavy atom. The van der Waals surface area contributed by atoms with Crippen molar-refractivity contribution in [1.82, 2.24) is 16.0 Å². The predicted octanol–water partition coefficient (Wildman–Crippen LogP) is 6.16. The Morgan fingerprint density at radius 1 is 1.14 bits per heavy atom. The number of phenols is 2. The first kappa shape index (κ1) is 39.1. The summed E-state index contributed by atoms with van der Waals surface area (Å²) in [6.07, 6.45) is 10.6. The minimum absolute atomic E-state index is 0.0156. The number of rotatable bonds is 7. The number of nitrogens with two attached hydrogens (primary N) is 1. The molecular formula is C48H54N4O7. The molecule has 0 radical (unpaired) electrons. The van der Waals surface area contributed by atoms with E-state index in [1.54, 1.807) is 19.2 Å². The van der Waals surface area contributed by atoms with Crippen LogP contribution in [0, 0.1) is 17.8 Å².